The summed E-state index contributed by atoms with van der Waals surface area (Å²) in [5.41, 5.74) is 2.48. The van der Waals surface area contributed by atoms with E-state index < -0.39 is 5.60 Å². The highest BCUT2D eigenvalue weighted by atomic mass is 16.6. The predicted molar refractivity (Wildman–Crippen MR) is 251 cm³/mol. The van der Waals surface area contributed by atoms with Crippen molar-refractivity contribution >= 4 is 0 Å². The molecule has 350 valence electrons. The number of hydrogen-bond acceptors (Lipinski definition) is 9. The molecule has 0 fully saturated rings. The normalized spacial score (nSPS) is 11.8. The van der Waals surface area contributed by atoms with Crippen molar-refractivity contribution in [2.45, 2.75) is 115 Å². The highest BCUT2D eigenvalue weighted by Crippen LogP contribution is 2.40. The molecule has 0 radical (unpaired) electrons. The summed E-state index contributed by atoms with van der Waals surface area (Å²) < 4.78 is 52.0. The van der Waals surface area contributed by atoms with Crippen molar-refractivity contribution in [3.8, 4) is 0 Å². The van der Waals surface area contributed by atoms with Crippen LogP contribution in [-0.2, 0) is 48.2 Å². The van der Waals surface area contributed by atoms with Crippen LogP contribution in [0.3, 0.4) is 0 Å². The van der Waals surface area contributed by atoms with Crippen molar-refractivity contribution in [1.29, 1.82) is 0 Å². The van der Waals surface area contributed by atoms with E-state index in [-0.39, 0.29) is 0 Å². The van der Waals surface area contributed by atoms with E-state index in [0.29, 0.717) is 106 Å². The molecular weight excluding hydrogens is 781 g/mol. The van der Waals surface area contributed by atoms with E-state index in [2.05, 4.69) is 79.7 Å². The number of rotatable bonds is 45. The SMILES string of the molecule is CCCCCCCCCCCCCCCCCCOCCOCCOCCOCCOCCOCCOCCOCCOC(c1ccccc1)(c1ccccc1)c1ccccc1. The van der Waals surface area contributed by atoms with Crippen LogP contribution in [0.2, 0.25) is 0 Å². The van der Waals surface area contributed by atoms with E-state index in [9.17, 15) is 0 Å². The topological polar surface area (TPSA) is 83.1 Å². The van der Waals surface area contributed by atoms with Crippen molar-refractivity contribution in [3.05, 3.63) is 108 Å². The van der Waals surface area contributed by atoms with Gasteiger partial charge >= 0.3 is 0 Å². The van der Waals surface area contributed by atoms with Crippen LogP contribution in [0.5, 0.6) is 0 Å². The molecule has 0 atom stereocenters. The molecule has 0 spiro atoms. The summed E-state index contributed by atoms with van der Waals surface area (Å²) in [5, 5.41) is 0. The Hall–Kier alpha value is -2.70. The fourth-order valence-electron chi connectivity index (χ4n) is 7.42. The molecule has 0 aliphatic rings. The molecular formula is C53H84O9. The summed E-state index contributed by atoms with van der Waals surface area (Å²) in [6.07, 6.45) is 22.2. The third kappa shape index (κ3) is 26.2. The van der Waals surface area contributed by atoms with Gasteiger partial charge in [-0.25, -0.2) is 0 Å². The summed E-state index contributed by atoms with van der Waals surface area (Å²) in [6, 6.07) is 31.1. The molecule has 0 bridgehead atoms. The van der Waals surface area contributed by atoms with Crippen molar-refractivity contribution in [3.63, 3.8) is 0 Å². The zero-order chi connectivity index (χ0) is 43.5. The van der Waals surface area contributed by atoms with E-state index in [1.54, 1.807) is 0 Å². The average Bonchev–Trinajstić information content (AvgIpc) is 3.31. The Bertz CT molecular complexity index is 1250. The average molecular weight is 865 g/mol. The number of ether oxygens (including phenoxy) is 9. The Labute approximate surface area is 376 Å². The Morgan fingerprint density at radius 3 is 0.758 bits per heavy atom. The van der Waals surface area contributed by atoms with Gasteiger partial charge in [-0.3, -0.25) is 0 Å². The van der Waals surface area contributed by atoms with Crippen LogP contribution in [0.15, 0.2) is 91.0 Å². The molecule has 0 aliphatic heterocycles. The lowest BCUT2D eigenvalue weighted by Gasteiger charge is -2.36. The Morgan fingerprint density at radius 1 is 0.258 bits per heavy atom. The molecule has 0 unspecified atom stereocenters. The lowest BCUT2D eigenvalue weighted by molar-refractivity contribution is -0.0398. The quantitative estimate of drug-likeness (QED) is 0.0407. The minimum absolute atomic E-state index is 0.423. The maximum atomic E-state index is 6.75. The molecule has 9 heteroatoms. The molecule has 0 saturated carbocycles. The minimum Gasteiger partial charge on any atom is -0.379 e. The van der Waals surface area contributed by atoms with E-state index in [0.717, 1.165) is 29.7 Å². The molecule has 0 aliphatic carbocycles. The van der Waals surface area contributed by atoms with Crippen molar-refractivity contribution < 1.29 is 42.6 Å². The second kappa shape index (κ2) is 39.9. The van der Waals surface area contributed by atoms with Crippen LogP contribution in [0.1, 0.15) is 126 Å². The lowest BCUT2D eigenvalue weighted by atomic mass is 9.80. The predicted octanol–water partition coefficient (Wildman–Crippen LogP) is 11.4. The molecule has 0 saturated heterocycles. The maximum Gasteiger partial charge on any atom is 0.143 e. The van der Waals surface area contributed by atoms with Gasteiger partial charge in [-0.1, -0.05) is 194 Å². The summed E-state index contributed by atoms with van der Waals surface area (Å²) in [6.45, 7) is 11.5. The fraction of sp³-hybridized carbons (Fsp3) is 0.660. The van der Waals surface area contributed by atoms with Crippen LogP contribution < -0.4 is 0 Å². The van der Waals surface area contributed by atoms with Gasteiger partial charge in [0.05, 0.1) is 106 Å². The minimum atomic E-state index is -0.746. The second-order valence-corrected chi connectivity index (χ2v) is 15.8. The largest absolute Gasteiger partial charge is 0.379 e. The van der Waals surface area contributed by atoms with Crippen molar-refractivity contribution in [1.82, 2.24) is 0 Å². The highest BCUT2D eigenvalue weighted by molar-refractivity contribution is 5.47. The lowest BCUT2D eigenvalue weighted by Crippen LogP contribution is -2.34. The zero-order valence-electron chi connectivity index (χ0n) is 38.7. The number of hydrogen-bond donors (Lipinski definition) is 0. The smallest absolute Gasteiger partial charge is 0.143 e. The molecule has 3 aromatic rings. The number of unbranched alkanes of at least 4 members (excludes halogenated alkanes) is 15. The van der Waals surface area contributed by atoms with Gasteiger partial charge in [0.1, 0.15) is 5.60 Å². The molecule has 9 nitrogen and oxygen atoms in total. The summed E-state index contributed by atoms with van der Waals surface area (Å²) >= 11 is 0. The summed E-state index contributed by atoms with van der Waals surface area (Å²) in [7, 11) is 0. The number of benzene rings is 3. The van der Waals surface area contributed by atoms with E-state index in [1.807, 2.05) is 18.2 Å². The van der Waals surface area contributed by atoms with Gasteiger partial charge in [0, 0.05) is 6.61 Å². The van der Waals surface area contributed by atoms with E-state index >= 15 is 0 Å². The third-order valence-electron chi connectivity index (χ3n) is 10.8. The molecule has 0 N–H and O–H groups in total. The van der Waals surface area contributed by atoms with Crippen LogP contribution in [-0.4, -0.2) is 112 Å². The first-order valence-electron chi connectivity index (χ1n) is 24.3. The molecule has 62 heavy (non-hydrogen) atoms. The van der Waals surface area contributed by atoms with Crippen LogP contribution in [0.25, 0.3) is 0 Å². The molecule has 0 aromatic heterocycles. The molecule has 0 heterocycles. The van der Waals surface area contributed by atoms with Gasteiger partial charge in [-0.15, -0.1) is 0 Å². The maximum absolute atomic E-state index is 6.75. The highest BCUT2D eigenvalue weighted by Gasteiger charge is 2.37. The van der Waals surface area contributed by atoms with Crippen molar-refractivity contribution in [2.75, 3.05) is 112 Å². The first kappa shape index (κ1) is 53.6. The monoisotopic (exact) mass is 865 g/mol. The van der Waals surface area contributed by atoms with E-state index in [4.69, 9.17) is 42.6 Å². The molecule has 0 amide bonds. The van der Waals surface area contributed by atoms with Gasteiger partial charge in [0.15, 0.2) is 0 Å². The van der Waals surface area contributed by atoms with Crippen molar-refractivity contribution in [2.24, 2.45) is 0 Å². The standard InChI is InChI=1S/C53H84O9/c1-2-3-4-5-6-7-8-9-10-11-12-13-14-15-16-26-33-54-34-35-55-36-37-56-38-39-57-40-41-58-42-43-59-44-45-60-46-47-61-48-49-62-53(50-27-20-17-21-28-50,51-29-22-18-23-30-51)52-31-24-19-25-32-52/h17-25,27-32H,2-16,26,33-49H2,1H3. The zero-order valence-corrected chi connectivity index (χ0v) is 38.7. The van der Waals surface area contributed by atoms with Gasteiger partial charge in [-0.05, 0) is 23.1 Å². The Morgan fingerprint density at radius 2 is 0.484 bits per heavy atom. The van der Waals surface area contributed by atoms with Gasteiger partial charge in [-0.2, -0.15) is 0 Å². The van der Waals surface area contributed by atoms with Crippen LogP contribution in [0.4, 0.5) is 0 Å². The Kier molecular flexibility index (Phi) is 34.5. The van der Waals surface area contributed by atoms with Gasteiger partial charge in [0.2, 0.25) is 0 Å². The van der Waals surface area contributed by atoms with Crippen LogP contribution in [0, 0.1) is 0 Å². The van der Waals surface area contributed by atoms with E-state index in [1.165, 1.54) is 96.3 Å². The first-order valence-corrected chi connectivity index (χ1v) is 24.3. The summed E-state index contributed by atoms with van der Waals surface area (Å²) in [5.74, 6) is 0. The molecule has 3 aromatic carbocycles. The van der Waals surface area contributed by atoms with Crippen LogP contribution >= 0.6 is 0 Å². The van der Waals surface area contributed by atoms with Gasteiger partial charge < -0.3 is 42.6 Å². The summed E-state index contributed by atoms with van der Waals surface area (Å²) in [4.78, 5) is 0. The second-order valence-electron chi connectivity index (χ2n) is 15.8. The fourth-order valence-corrected chi connectivity index (χ4v) is 7.42. The van der Waals surface area contributed by atoms with Gasteiger partial charge in [0.25, 0.3) is 0 Å². The Balaban J connectivity index is 0.995. The first-order chi connectivity index (χ1) is 30.9. The third-order valence-corrected chi connectivity index (χ3v) is 10.8. The molecule has 3 rings (SSSR count).